The maximum atomic E-state index is 12.9. The van der Waals surface area contributed by atoms with E-state index in [-0.39, 0.29) is 29.2 Å². The molecule has 0 aliphatic carbocycles. The van der Waals surface area contributed by atoms with Crippen LogP contribution in [-0.4, -0.2) is 54.9 Å². The summed E-state index contributed by atoms with van der Waals surface area (Å²) in [6.07, 6.45) is 2.96. The first-order chi connectivity index (χ1) is 16.7. The van der Waals surface area contributed by atoms with Crippen molar-refractivity contribution < 1.29 is 22.9 Å². The van der Waals surface area contributed by atoms with Gasteiger partial charge in [-0.15, -0.1) is 13.2 Å². The highest BCUT2D eigenvalue weighted by molar-refractivity contribution is 7.89. The predicted molar refractivity (Wildman–Crippen MR) is 134 cm³/mol. The number of aromatic nitrogens is 1. The molecular formula is C23H24N4O6S2. The van der Waals surface area contributed by atoms with Gasteiger partial charge in [-0.05, 0) is 30.3 Å². The van der Waals surface area contributed by atoms with Crippen LogP contribution in [0.3, 0.4) is 0 Å². The van der Waals surface area contributed by atoms with E-state index in [0.717, 1.165) is 4.70 Å². The molecule has 0 spiro atoms. The molecule has 0 fully saturated rings. The third-order valence-corrected chi connectivity index (χ3v) is 7.90. The van der Waals surface area contributed by atoms with Gasteiger partial charge in [-0.3, -0.25) is 14.9 Å². The summed E-state index contributed by atoms with van der Waals surface area (Å²) in [5, 5.41) is 11.2. The van der Waals surface area contributed by atoms with E-state index in [1.54, 1.807) is 10.6 Å². The third kappa shape index (κ3) is 5.80. The molecule has 0 atom stereocenters. The Kier molecular flexibility index (Phi) is 8.46. The minimum absolute atomic E-state index is 0.0297. The van der Waals surface area contributed by atoms with Crippen LogP contribution in [0.2, 0.25) is 0 Å². The SMILES string of the molecule is C=CCN(CC=C)S(=O)(=O)c1ccc(C(=O)N=c2sc3ccc([N+](=O)[O-])cc3n2CCOC)cc1. The molecule has 0 aliphatic heterocycles. The average molecular weight is 517 g/mol. The van der Waals surface area contributed by atoms with E-state index in [1.807, 2.05) is 0 Å². The second kappa shape index (κ2) is 11.3. The predicted octanol–water partition coefficient (Wildman–Crippen LogP) is 3.36. The van der Waals surface area contributed by atoms with Crippen molar-refractivity contribution in [1.82, 2.24) is 8.87 Å². The van der Waals surface area contributed by atoms with Gasteiger partial charge in [0.2, 0.25) is 10.0 Å². The number of hydrogen-bond donors (Lipinski definition) is 0. The van der Waals surface area contributed by atoms with Crippen molar-refractivity contribution in [2.75, 3.05) is 26.8 Å². The zero-order chi connectivity index (χ0) is 25.6. The molecule has 12 heteroatoms. The van der Waals surface area contributed by atoms with Crippen molar-refractivity contribution in [2.24, 2.45) is 4.99 Å². The molecule has 184 valence electrons. The first kappa shape index (κ1) is 26.2. The number of ether oxygens (including phenoxy) is 1. The molecule has 1 heterocycles. The lowest BCUT2D eigenvalue weighted by molar-refractivity contribution is -0.384. The van der Waals surface area contributed by atoms with Crippen LogP contribution >= 0.6 is 11.3 Å². The van der Waals surface area contributed by atoms with Crippen LogP contribution in [0.4, 0.5) is 5.69 Å². The van der Waals surface area contributed by atoms with E-state index in [4.69, 9.17) is 4.74 Å². The number of nitro groups is 1. The largest absolute Gasteiger partial charge is 0.383 e. The zero-order valence-corrected chi connectivity index (χ0v) is 20.6. The molecule has 0 bridgehead atoms. The molecule has 1 amide bonds. The molecular weight excluding hydrogens is 492 g/mol. The summed E-state index contributed by atoms with van der Waals surface area (Å²) in [6, 6.07) is 9.94. The van der Waals surface area contributed by atoms with Gasteiger partial charge in [0, 0.05) is 44.4 Å². The van der Waals surface area contributed by atoms with Crippen molar-refractivity contribution in [2.45, 2.75) is 11.4 Å². The lowest BCUT2D eigenvalue weighted by Gasteiger charge is -2.19. The second-order valence-electron chi connectivity index (χ2n) is 7.28. The van der Waals surface area contributed by atoms with E-state index in [1.165, 1.54) is 71.3 Å². The van der Waals surface area contributed by atoms with Crippen molar-refractivity contribution in [3.8, 4) is 0 Å². The van der Waals surface area contributed by atoms with Gasteiger partial charge < -0.3 is 9.30 Å². The number of methoxy groups -OCH3 is 1. The highest BCUT2D eigenvalue weighted by Crippen LogP contribution is 2.23. The minimum Gasteiger partial charge on any atom is -0.383 e. The first-order valence-electron chi connectivity index (χ1n) is 10.4. The Morgan fingerprint density at radius 2 is 1.86 bits per heavy atom. The molecule has 10 nitrogen and oxygen atoms in total. The highest BCUT2D eigenvalue weighted by Gasteiger charge is 2.22. The number of hydrogen-bond acceptors (Lipinski definition) is 7. The van der Waals surface area contributed by atoms with Crippen molar-refractivity contribution >= 4 is 43.2 Å². The highest BCUT2D eigenvalue weighted by atomic mass is 32.2. The summed E-state index contributed by atoms with van der Waals surface area (Å²) < 4.78 is 34.5. The number of non-ortho nitro benzene ring substituents is 1. The number of nitrogens with zero attached hydrogens (tertiary/aromatic N) is 4. The molecule has 0 saturated carbocycles. The number of amides is 1. The number of carbonyl (C=O) groups is 1. The van der Waals surface area contributed by atoms with Crippen LogP contribution in [0.15, 0.2) is 77.7 Å². The number of nitro benzene ring substituents is 1. The lowest BCUT2D eigenvalue weighted by atomic mass is 10.2. The molecule has 0 N–H and O–H groups in total. The van der Waals surface area contributed by atoms with Gasteiger partial charge in [0.05, 0.1) is 26.6 Å². The van der Waals surface area contributed by atoms with E-state index in [2.05, 4.69) is 18.2 Å². The minimum atomic E-state index is -3.79. The fourth-order valence-electron chi connectivity index (χ4n) is 3.28. The number of thiazole rings is 1. The van der Waals surface area contributed by atoms with Crippen molar-refractivity contribution in [3.63, 3.8) is 0 Å². The monoisotopic (exact) mass is 516 g/mol. The summed E-state index contributed by atoms with van der Waals surface area (Å²) in [5.74, 6) is -0.574. The van der Waals surface area contributed by atoms with Crippen LogP contribution in [0.25, 0.3) is 10.2 Å². The molecule has 2 aromatic carbocycles. The molecule has 3 rings (SSSR count). The van der Waals surface area contributed by atoms with Gasteiger partial charge in [0.15, 0.2) is 4.80 Å². The average Bonchev–Trinajstić information content (AvgIpc) is 3.18. The molecule has 0 radical (unpaired) electrons. The summed E-state index contributed by atoms with van der Waals surface area (Å²) in [5.41, 5.74) is 0.696. The lowest BCUT2D eigenvalue weighted by Crippen LogP contribution is -2.31. The van der Waals surface area contributed by atoms with Crippen molar-refractivity contribution in [1.29, 1.82) is 0 Å². The molecule has 0 aliphatic rings. The van der Waals surface area contributed by atoms with Gasteiger partial charge in [-0.2, -0.15) is 9.30 Å². The third-order valence-electron chi connectivity index (χ3n) is 5.00. The maximum absolute atomic E-state index is 12.9. The van der Waals surface area contributed by atoms with E-state index in [9.17, 15) is 23.3 Å². The van der Waals surface area contributed by atoms with Crippen molar-refractivity contribution in [3.05, 3.63) is 88.3 Å². The number of benzene rings is 2. The fourth-order valence-corrected chi connectivity index (χ4v) is 5.70. The normalized spacial score (nSPS) is 12.2. The Morgan fingerprint density at radius 3 is 2.43 bits per heavy atom. The van der Waals surface area contributed by atoms with E-state index < -0.39 is 20.9 Å². The fraction of sp³-hybridized carbons (Fsp3) is 0.217. The Bertz CT molecular complexity index is 1430. The Balaban J connectivity index is 1.99. The number of carbonyl (C=O) groups excluding carboxylic acids is 1. The number of fused-ring (bicyclic) bond motifs is 1. The molecule has 0 saturated heterocycles. The summed E-state index contributed by atoms with van der Waals surface area (Å²) in [7, 11) is -2.27. The van der Waals surface area contributed by atoms with Crippen LogP contribution < -0.4 is 4.80 Å². The number of rotatable bonds is 11. The zero-order valence-electron chi connectivity index (χ0n) is 19.0. The second-order valence-corrected chi connectivity index (χ2v) is 10.2. The Hall–Kier alpha value is -3.45. The molecule has 0 unspecified atom stereocenters. The van der Waals surface area contributed by atoms with Gasteiger partial charge in [0.25, 0.3) is 11.6 Å². The van der Waals surface area contributed by atoms with E-state index in [0.29, 0.717) is 23.5 Å². The van der Waals surface area contributed by atoms with Gasteiger partial charge >= 0.3 is 0 Å². The smallest absolute Gasteiger partial charge is 0.279 e. The summed E-state index contributed by atoms with van der Waals surface area (Å²) in [4.78, 5) is 28.2. The first-order valence-corrected chi connectivity index (χ1v) is 12.7. The summed E-state index contributed by atoms with van der Waals surface area (Å²) >= 11 is 1.22. The van der Waals surface area contributed by atoms with Crippen LogP contribution in [-0.2, 0) is 21.3 Å². The van der Waals surface area contributed by atoms with Crippen LogP contribution in [0.1, 0.15) is 10.4 Å². The topological polar surface area (TPSA) is 124 Å². The van der Waals surface area contributed by atoms with Gasteiger partial charge in [-0.1, -0.05) is 23.5 Å². The van der Waals surface area contributed by atoms with Crippen LogP contribution in [0, 0.1) is 10.1 Å². The molecule has 3 aromatic rings. The Labute approximate surface area is 206 Å². The quantitative estimate of drug-likeness (QED) is 0.219. The van der Waals surface area contributed by atoms with Gasteiger partial charge in [-0.25, -0.2) is 8.42 Å². The van der Waals surface area contributed by atoms with Gasteiger partial charge in [0.1, 0.15) is 0 Å². The van der Waals surface area contributed by atoms with E-state index >= 15 is 0 Å². The van der Waals surface area contributed by atoms with Crippen LogP contribution in [0.5, 0.6) is 0 Å². The standard InChI is InChI=1S/C23H24N4O6S2/c1-4-12-25(13-5-2)35(31,32)19-9-6-17(7-10-19)22(28)24-23-26(14-15-33-3)20-16-18(27(29)30)8-11-21(20)34-23/h4-11,16H,1-2,12-15H2,3H3. The maximum Gasteiger partial charge on any atom is 0.279 e. The number of sulfonamides is 1. The summed E-state index contributed by atoms with van der Waals surface area (Å²) in [6.45, 7) is 8.06. The Morgan fingerprint density at radius 1 is 1.20 bits per heavy atom. The molecule has 35 heavy (non-hydrogen) atoms. The molecule has 1 aromatic heterocycles.